The van der Waals surface area contributed by atoms with Gasteiger partial charge in [-0.25, -0.2) is 4.98 Å². The molecule has 2 heterocycles. The Morgan fingerprint density at radius 1 is 1.12 bits per heavy atom. The molecule has 3 saturated carbocycles. The molecule has 0 amide bonds. The van der Waals surface area contributed by atoms with Gasteiger partial charge in [0.1, 0.15) is 0 Å². The summed E-state index contributed by atoms with van der Waals surface area (Å²) >= 11 is 0. The number of hydrogen-bond acceptors (Lipinski definition) is 5. The quantitative estimate of drug-likeness (QED) is 0.901. The van der Waals surface area contributed by atoms with Crippen LogP contribution in [-0.2, 0) is 6.42 Å². The van der Waals surface area contributed by atoms with E-state index in [2.05, 4.69) is 9.97 Å². The van der Waals surface area contributed by atoms with Crippen molar-refractivity contribution in [1.29, 1.82) is 0 Å². The van der Waals surface area contributed by atoms with Gasteiger partial charge in [-0.3, -0.25) is 4.98 Å². The number of nitrogen functional groups attached to an aromatic ring is 1. The second-order valence-corrected chi connectivity index (χ2v) is 7.78. The molecule has 0 spiro atoms. The van der Waals surface area contributed by atoms with Gasteiger partial charge in [0, 0.05) is 17.2 Å². The van der Waals surface area contributed by atoms with Crippen LogP contribution in [0.4, 0.5) is 5.69 Å². The number of methoxy groups -OCH3 is 1. The lowest BCUT2D eigenvalue weighted by Gasteiger charge is -2.52. The van der Waals surface area contributed by atoms with Crippen molar-refractivity contribution in [3.8, 4) is 5.88 Å². The Morgan fingerprint density at radius 2 is 1.83 bits per heavy atom. The number of fused-ring (bicyclic) bond motifs is 4. The largest absolute Gasteiger partial charge is 0.481 e. The van der Waals surface area contributed by atoms with Crippen molar-refractivity contribution in [2.75, 3.05) is 12.8 Å². The molecular weight excluding hydrogens is 300 g/mol. The van der Waals surface area contributed by atoms with E-state index in [0.717, 1.165) is 35.1 Å². The number of rotatable bonds is 4. The van der Waals surface area contributed by atoms with Crippen molar-refractivity contribution in [2.24, 2.45) is 11.1 Å². The molecule has 128 valence electrons. The Morgan fingerprint density at radius 3 is 2.50 bits per heavy atom. The van der Waals surface area contributed by atoms with Gasteiger partial charge in [-0.1, -0.05) is 0 Å². The van der Waals surface area contributed by atoms with Crippen molar-refractivity contribution in [3.05, 3.63) is 23.9 Å². The van der Waals surface area contributed by atoms with Gasteiger partial charge in [0.25, 0.3) is 0 Å². The van der Waals surface area contributed by atoms with Crippen molar-refractivity contribution >= 4 is 16.7 Å². The summed E-state index contributed by atoms with van der Waals surface area (Å²) in [4.78, 5) is 9.01. The van der Waals surface area contributed by atoms with Crippen LogP contribution in [-0.4, -0.2) is 22.6 Å². The molecule has 4 N–H and O–H groups in total. The smallest absolute Gasteiger partial charge is 0.213 e. The standard InChI is InChI=1S/C19H26N4O/c1-24-16-3-2-15-17(23-16)13(14(20)12-22-15)4-5-18-6-9-19(21,10-7-18)11-8-18/h2-3,12H,4-11,20-21H2,1H3. The van der Waals surface area contributed by atoms with Crippen LogP contribution >= 0.6 is 0 Å². The first-order valence-electron chi connectivity index (χ1n) is 8.90. The number of pyridine rings is 2. The van der Waals surface area contributed by atoms with Crippen LogP contribution in [0.5, 0.6) is 5.88 Å². The van der Waals surface area contributed by atoms with E-state index < -0.39 is 0 Å². The first-order chi connectivity index (χ1) is 11.5. The number of ether oxygens (including phenoxy) is 1. The molecule has 5 rings (SSSR count). The summed E-state index contributed by atoms with van der Waals surface area (Å²) in [6.45, 7) is 0. The van der Waals surface area contributed by atoms with Crippen LogP contribution in [0.25, 0.3) is 11.0 Å². The minimum atomic E-state index is 0.124. The van der Waals surface area contributed by atoms with Crippen LogP contribution in [0.3, 0.4) is 0 Å². The van der Waals surface area contributed by atoms with Crippen molar-refractivity contribution < 1.29 is 4.74 Å². The summed E-state index contributed by atoms with van der Waals surface area (Å²) in [5, 5.41) is 0. The molecule has 3 aliphatic carbocycles. The second-order valence-electron chi connectivity index (χ2n) is 7.78. The highest BCUT2D eigenvalue weighted by atomic mass is 16.5. The number of anilines is 1. The molecule has 5 heteroatoms. The molecule has 3 aliphatic rings. The van der Waals surface area contributed by atoms with Crippen LogP contribution in [0.1, 0.15) is 50.5 Å². The van der Waals surface area contributed by atoms with E-state index in [1.54, 1.807) is 13.3 Å². The van der Waals surface area contributed by atoms with Crippen LogP contribution < -0.4 is 16.2 Å². The maximum Gasteiger partial charge on any atom is 0.213 e. The van der Waals surface area contributed by atoms with E-state index in [4.69, 9.17) is 16.2 Å². The molecule has 0 atom stereocenters. The number of aromatic nitrogens is 2. The molecule has 0 aromatic carbocycles. The van der Waals surface area contributed by atoms with Gasteiger partial charge in [0.2, 0.25) is 5.88 Å². The van der Waals surface area contributed by atoms with E-state index in [0.29, 0.717) is 11.3 Å². The predicted octanol–water partition coefficient (Wildman–Crippen LogP) is 3.20. The fourth-order valence-corrected chi connectivity index (χ4v) is 4.55. The van der Waals surface area contributed by atoms with Gasteiger partial charge < -0.3 is 16.2 Å². The highest BCUT2D eigenvalue weighted by Crippen LogP contribution is 2.53. The molecule has 0 unspecified atom stereocenters. The van der Waals surface area contributed by atoms with E-state index in [1.165, 1.54) is 38.5 Å². The SMILES string of the molecule is COc1ccc2ncc(N)c(CCC34CCC(N)(CC3)CC4)c2n1. The minimum absolute atomic E-state index is 0.124. The first-order valence-corrected chi connectivity index (χ1v) is 8.90. The van der Waals surface area contributed by atoms with Crippen molar-refractivity contribution in [2.45, 2.75) is 56.9 Å². The van der Waals surface area contributed by atoms with Crippen LogP contribution in [0.15, 0.2) is 18.3 Å². The van der Waals surface area contributed by atoms with Crippen LogP contribution in [0.2, 0.25) is 0 Å². The maximum absolute atomic E-state index is 6.44. The molecule has 3 fully saturated rings. The average Bonchev–Trinajstić information content (AvgIpc) is 2.62. The number of aryl methyl sites for hydroxylation is 1. The zero-order chi connectivity index (χ0) is 16.8. The van der Waals surface area contributed by atoms with Gasteiger partial charge in [-0.15, -0.1) is 0 Å². The fraction of sp³-hybridized carbons (Fsp3) is 0.579. The highest BCUT2D eigenvalue weighted by molar-refractivity contribution is 5.82. The topological polar surface area (TPSA) is 87.0 Å². The normalized spacial score (nSPS) is 29.1. The Hall–Kier alpha value is -1.88. The van der Waals surface area contributed by atoms with Gasteiger partial charge in [-0.2, -0.15) is 0 Å². The lowest BCUT2D eigenvalue weighted by molar-refractivity contribution is 0.0378. The summed E-state index contributed by atoms with van der Waals surface area (Å²) in [5.74, 6) is 0.609. The third kappa shape index (κ3) is 2.61. The first kappa shape index (κ1) is 15.6. The summed E-state index contributed by atoms with van der Waals surface area (Å²) in [7, 11) is 1.63. The monoisotopic (exact) mass is 326 g/mol. The zero-order valence-corrected chi connectivity index (χ0v) is 14.3. The Bertz CT molecular complexity index is 749. The summed E-state index contributed by atoms with van der Waals surface area (Å²) < 4.78 is 5.28. The lowest BCUT2D eigenvalue weighted by Crippen LogP contribution is -2.51. The van der Waals surface area contributed by atoms with E-state index in [-0.39, 0.29) is 5.54 Å². The number of nitrogens with zero attached hydrogens (tertiary/aromatic N) is 2. The third-order valence-electron chi connectivity index (χ3n) is 6.40. The lowest BCUT2D eigenvalue weighted by atomic mass is 9.56. The Balaban J connectivity index is 1.61. The maximum atomic E-state index is 6.44. The van der Waals surface area contributed by atoms with E-state index in [1.807, 2.05) is 12.1 Å². The van der Waals surface area contributed by atoms with Gasteiger partial charge in [0.05, 0.1) is 30.0 Å². The van der Waals surface area contributed by atoms with Crippen LogP contribution in [0, 0.1) is 5.41 Å². The summed E-state index contributed by atoms with van der Waals surface area (Å²) in [5.41, 5.74) is 16.9. The molecule has 2 aromatic heterocycles. The van der Waals surface area contributed by atoms with Gasteiger partial charge in [0.15, 0.2) is 0 Å². The Labute approximate surface area is 142 Å². The van der Waals surface area contributed by atoms with Gasteiger partial charge in [-0.05, 0) is 62.8 Å². The third-order valence-corrected chi connectivity index (χ3v) is 6.40. The fourth-order valence-electron chi connectivity index (χ4n) is 4.55. The molecule has 0 saturated heterocycles. The van der Waals surface area contributed by atoms with Crippen molar-refractivity contribution in [1.82, 2.24) is 9.97 Å². The van der Waals surface area contributed by atoms with E-state index >= 15 is 0 Å². The molecule has 2 aromatic rings. The minimum Gasteiger partial charge on any atom is -0.481 e. The molecule has 2 bridgehead atoms. The molecule has 24 heavy (non-hydrogen) atoms. The summed E-state index contributed by atoms with van der Waals surface area (Å²) in [6, 6.07) is 3.80. The number of hydrogen-bond donors (Lipinski definition) is 2. The molecule has 0 radical (unpaired) electrons. The number of nitrogens with two attached hydrogens (primary N) is 2. The molecule has 0 aliphatic heterocycles. The zero-order valence-electron chi connectivity index (χ0n) is 14.3. The van der Waals surface area contributed by atoms with Gasteiger partial charge >= 0.3 is 0 Å². The predicted molar refractivity (Wildman–Crippen MR) is 95.9 cm³/mol. The highest BCUT2D eigenvalue weighted by Gasteiger charge is 2.46. The Kier molecular flexibility index (Phi) is 3.64. The summed E-state index contributed by atoms with van der Waals surface area (Å²) in [6.07, 6.45) is 11.1. The van der Waals surface area contributed by atoms with E-state index in [9.17, 15) is 0 Å². The molecular formula is C19H26N4O. The molecule has 5 nitrogen and oxygen atoms in total. The second kappa shape index (κ2) is 5.59. The average molecular weight is 326 g/mol. The van der Waals surface area contributed by atoms with Crippen molar-refractivity contribution in [3.63, 3.8) is 0 Å².